The van der Waals surface area contributed by atoms with Crippen molar-refractivity contribution >= 4 is 17.2 Å². The van der Waals surface area contributed by atoms with Crippen molar-refractivity contribution in [3.05, 3.63) is 21.9 Å². The first kappa shape index (κ1) is 9.82. The van der Waals surface area contributed by atoms with Crippen molar-refractivity contribution in [3.8, 4) is 11.8 Å². The van der Waals surface area contributed by atoms with E-state index in [1.54, 1.807) is 18.3 Å². The summed E-state index contributed by atoms with van der Waals surface area (Å²) in [5.41, 5.74) is 0.723. The number of nitrogens with one attached hydrogen (secondary N) is 1. The summed E-state index contributed by atoms with van der Waals surface area (Å²) < 4.78 is 0. The van der Waals surface area contributed by atoms with E-state index in [1.165, 1.54) is 0 Å². The number of aryl methyl sites for hydroxylation is 1. The largest absolute Gasteiger partial charge is 0.341 e. The van der Waals surface area contributed by atoms with Gasteiger partial charge >= 0.3 is 0 Å². The minimum atomic E-state index is -0.0490. The lowest BCUT2D eigenvalue weighted by Crippen LogP contribution is -2.22. The van der Waals surface area contributed by atoms with Gasteiger partial charge in [0.1, 0.15) is 0 Å². The number of carbonyl (C=O) groups is 1. The van der Waals surface area contributed by atoms with Crippen molar-refractivity contribution in [3.63, 3.8) is 0 Å². The zero-order valence-corrected chi connectivity index (χ0v) is 8.49. The van der Waals surface area contributed by atoms with Gasteiger partial charge in [-0.1, -0.05) is 5.92 Å². The van der Waals surface area contributed by atoms with Crippen LogP contribution < -0.4 is 5.32 Å². The van der Waals surface area contributed by atoms with Crippen LogP contribution in [0.3, 0.4) is 0 Å². The molecule has 0 aromatic carbocycles. The van der Waals surface area contributed by atoms with E-state index in [2.05, 4.69) is 17.2 Å². The lowest BCUT2D eigenvalue weighted by Gasteiger charge is -1.96. The Morgan fingerprint density at radius 2 is 2.46 bits per heavy atom. The molecular formula is C10H11NOS. The molecule has 1 amide bonds. The van der Waals surface area contributed by atoms with Crippen LogP contribution in [0.15, 0.2) is 11.4 Å². The molecule has 0 aliphatic heterocycles. The summed E-state index contributed by atoms with van der Waals surface area (Å²) in [6.45, 7) is 4.15. The molecule has 1 aromatic heterocycles. The summed E-state index contributed by atoms with van der Waals surface area (Å²) in [5, 5.41) is 4.56. The van der Waals surface area contributed by atoms with E-state index >= 15 is 0 Å². The standard InChI is InChI=1S/C10H11NOS/c1-3-4-5-11-10(12)9-6-8(2)13-7-9/h6-7H,5H2,1-2H3,(H,11,12). The number of amides is 1. The van der Waals surface area contributed by atoms with Crippen LogP contribution in [0.5, 0.6) is 0 Å². The minimum Gasteiger partial charge on any atom is -0.341 e. The first-order chi connectivity index (χ1) is 6.24. The Kier molecular flexibility index (Phi) is 3.53. The second-order valence-electron chi connectivity index (χ2n) is 2.56. The Morgan fingerprint density at radius 3 is 3.00 bits per heavy atom. The van der Waals surface area contributed by atoms with E-state index in [0.717, 1.165) is 10.4 Å². The minimum absolute atomic E-state index is 0.0490. The van der Waals surface area contributed by atoms with Crippen LogP contribution in [0.2, 0.25) is 0 Å². The second kappa shape index (κ2) is 4.68. The van der Waals surface area contributed by atoms with Crippen LogP contribution in [0.4, 0.5) is 0 Å². The summed E-state index contributed by atoms with van der Waals surface area (Å²) in [6, 6.07) is 1.87. The van der Waals surface area contributed by atoms with E-state index in [1.807, 2.05) is 18.4 Å². The molecule has 0 saturated carbocycles. The maximum atomic E-state index is 11.4. The SMILES string of the molecule is CC#CCNC(=O)c1csc(C)c1. The van der Waals surface area contributed by atoms with Gasteiger partial charge in [0.05, 0.1) is 12.1 Å². The predicted octanol–water partition coefficient (Wildman–Crippen LogP) is 1.81. The predicted molar refractivity (Wildman–Crippen MR) is 54.8 cm³/mol. The maximum absolute atomic E-state index is 11.4. The van der Waals surface area contributed by atoms with Crippen molar-refractivity contribution in [2.75, 3.05) is 6.54 Å². The van der Waals surface area contributed by atoms with Crippen LogP contribution in [0.1, 0.15) is 22.2 Å². The second-order valence-corrected chi connectivity index (χ2v) is 3.67. The third kappa shape index (κ3) is 2.92. The molecule has 0 saturated heterocycles. The zero-order valence-electron chi connectivity index (χ0n) is 7.68. The summed E-state index contributed by atoms with van der Waals surface area (Å²) >= 11 is 1.58. The molecule has 1 N–H and O–H groups in total. The smallest absolute Gasteiger partial charge is 0.252 e. The normalized spacial score (nSPS) is 8.77. The molecule has 68 valence electrons. The monoisotopic (exact) mass is 193 g/mol. The van der Waals surface area contributed by atoms with Gasteiger partial charge in [-0.25, -0.2) is 0 Å². The first-order valence-corrected chi connectivity index (χ1v) is 4.85. The Labute approximate surface area is 82.0 Å². The van der Waals surface area contributed by atoms with E-state index < -0.39 is 0 Å². The highest BCUT2D eigenvalue weighted by molar-refractivity contribution is 7.10. The quantitative estimate of drug-likeness (QED) is 0.713. The van der Waals surface area contributed by atoms with E-state index in [4.69, 9.17) is 0 Å². The molecule has 1 rings (SSSR count). The molecule has 2 nitrogen and oxygen atoms in total. The number of carbonyl (C=O) groups excluding carboxylic acids is 1. The van der Waals surface area contributed by atoms with Crippen LogP contribution in [-0.2, 0) is 0 Å². The fourth-order valence-corrected chi connectivity index (χ4v) is 1.56. The molecule has 0 bridgehead atoms. The Morgan fingerprint density at radius 1 is 1.69 bits per heavy atom. The van der Waals surface area contributed by atoms with Crippen LogP contribution >= 0.6 is 11.3 Å². The zero-order chi connectivity index (χ0) is 9.68. The van der Waals surface area contributed by atoms with Gasteiger partial charge in [0, 0.05) is 10.3 Å². The van der Waals surface area contributed by atoms with Gasteiger partial charge in [0.25, 0.3) is 5.91 Å². The highest BCUT2D eigenvalue weighted by Gasteiger charge is 2.04. The molecular weight excluding hydrogens is 182 g/mol. The third-order valence-electron chi connectivity index (χ3n) is 1.51. The number of thiophene rings is 1. The van der Waals surface area contributed by atoms with Crippen molar-refractivity contribution in [2.24, 2.45) is 0 Å². The molecule has 1 aromatic rings. The van der Waals surface area contributed by atoms with Crippen LogP contribution in [0.25, 0.3) is 0 Å². The average Bonchev–Trinajstić information content (AvgIpc) is 2.52. The van der Waals surface area contributed by atoms with Crippen molar-refractivity contribution in [1.82, 2.24) is 5.32 Å². The Hall–Kier alpha value is -1.27. The molecule has 1 heterocycles. The van der Waals surface area contributed by atoms with Crippen molar-refractivity contribution < 1.29 is 4.79 Å². The van der Waals surface area contributed by atoms with Crippen molar-refractivity contribution in [2.45, 2.75) is 13.8 Å². The number of hydrogen-bond acceptors (Lipinski definition) is 2. The van der Waals surface area contributed by atoms with Gasteiger partial charge in [-0.15, -0.1) is 17.3 Å². The summed E-state index contributed by atoms with van der Waals surface area (Å²) in [7, 11) is 0. The molecule has 0 fully saturated rings. The first-order valence-electron chi connectivity index (χ1n) is 3.97. The van der Waals surface area contributed by atoms with Gasteiger partial charge in [0.15, 0.2) is 0 Å². The number of rotatable bonds is 2. The molecule has 0 radical (unpaired) electrons. The van der Waals surface area contributed by atoms with Crippen LogP contribution in [0, 0.1) is 18.8 Å². The topological polar surface area (TPSA) is 29.1 Å². The van der Waals surface area contributed by atoms with Gasteiger partial charge in [-0.3, -0.25) is 4.79 Å². The molecule has 3 heteroatoms. The average molecular weight is 193 g/mol. The Balaban J connectivity index is 2.52. The lowest BCUT2D eigenvalue weighted by atomic mass is 10.3. The van der Waals surface area contributed by atoms with Crippen LogP contribution in [-0.4, -0.2) is 12.5 Å². The van der Waals surface area contributed by atoms with E-state index in [-0.39, 0.29) is 5.91 Å². The maximum Gasteiger partial charge on any atom is 0.252 e. The van der Waals surface area contributed by atoms with Gasteiger partial charge in [-0.2, -0.15) is 0 Å². The fraction of sp³-hybridized carbons (Fsp3) is 0.300. The molecule has 0 atom stereocenters. The number of hydrogen-bond donors (Lipinski definition) is 1. The molecule has 0 aliphatic rings. The molecule has 0 spiro atoms. The molecule has 0 unspecified atom stereocenters. The Bertz CT molecular complexity index is 356. The van der Waals surface area contributed by atoms with Gasteiger partial charge in [-0.05, 0) is 19.9 Å². The molecule has 0 aliphatic carbocycles. The van der Waals surface area contributed by atoms with Crippen molar-refractivity contribution in [1.29, 1.82) is 0 Å². The summed E-state index contributed by atoms with van der Waals surface area (Å²) in [4.78, 5) is 12.5. The van der Waals surface area contributed by atoms with Gasteiger partial charge < -0.3 is 5.32 Å². The van der Waals surface area contributed by atoms with Gasteiger partial charge in [0.2, 0.25) is 0 Å². The fourth-order valence-electron chi connectivity index (χ4n) is 0.877. The lowest BCUT2D eigenvalue weighted by molar-refractivity contribution is 0.0959. The molecule has 13 heavy (non-hydrogen) atoms. The highest BCUT2D eigenvalue weighted by Crippen LogP contribution is 2.12. The van der Waals surface area contributed by atoms with E-state index in [9.17, 15) is 4.79 Å². The summed E-state index contributed by atoms with van der Waals surface area (Å²) in [6.07, 6.45) is 0. The highest BCUT2D eigenvalue weighted by atomic mass is 32.1. The third-order valence-corrected chi connectivity index (χ3v) is 2.37. The van der Waals surface area contributed by atoms with E-state index in [0.29, 0.717) is 6.54 Å². The summed E-state index contributed by atoms with van der Waals surface area (Å²) in [5.74, 6) is 5.45.